The van der Waals surface area contributed by atoms with Gasteiger partial charge in [0, 0.05) is 0 Å². The Labute approximate surface area is 85.6 Å². The summed E-state index contributed by atoms with van der Waals surface area (Å²) in [5.74, 6) is 0. The zero-order valence-electron chi connectivity index (χ0n) is 7.65. The van der Waals surface area contributed by atoms with E-state index in [1.54, 1.807) is 0 Å². The standard InChI is InChI=1S/C10H15NOSe/c12-7-9-13-8-3-5-10-4-1-2-6-11-10/h1-2,4,6,12H,3,5,7-9H2. The van der Waals surface area contributed by atoms with Crippen LogP contribution in [-0.2, 0) is 6.42 Å². The number of aliphatic hydroxyl groups is 1. The van der Waals surface area contributed by atoms with Gasteiger partial charge in [0.2, 0.25) is 0 Å². The van der Waals surface area contributed by atoms with Crippen LogP contribution in [0.5, 0.6) is 0 Å². The van der Waals surface area contributed by atoms with Gasteiger partial charge in [-0.25, -0.2) is 0 Å². The Bertz CT molecular complexity index is 215. The molecule has 0 saturated heterocycles. The van der Waals surface area contributed by atoms with Gasteiger partial charge in [0.25, 0.3) is 0 Å². The van der Waals surface area contributed by atoms with Crippen LogP contribution in [0.4, 0.5) is 0 Å². The number of nitrogens with zero attached hydrogens (tertiary/aromatic N) is 1. The molecular formula is C10H15NOSe. The predicted molar refractivity (Wildman–Crippen MR) is 55.0 cm³/mol. The summed E-state index contributed by atoms with van der Waals surface area (Å²) in [5.41, 5.74) is 1.18. The van der Waals surface area contributed by atoms with Gasteiger partial charge < -0.3 is 0 Å². The Morgan fingerprint density at radius 3 is 2.92 bits per heavy atom. The fourth-order valence-corrected chi connectivity index (χ4v) is 2.50. The van der Waals surface area contributed by atoms with Crippen LogP contribution in [-0.4, -0.2) is 31.7 Å². The van der Waals surface area contributed by atoms with Crippen molar-refractivity contribution < 1.29 is 5.11 Å². The number of aryl methyl sites for hydroxylation is 1. The van der Waals surface area contributed by atoms with Gasteiger partial charge in [0.15, 0.2) is 0 Å². The van der Waals surface area contributed by atoms with Crippen molar-refractivity contribution in [1.82, 2.24) is 4.98 Å². The zero-order valence-corrected chi connectivity index (χ0v) is 9.36. The first kappa shape index (κ1) is 10.7. The number of aromatic nitrogens is 1. The van der Waals surface area contributed by atoms with Gasteiger partial charge in [0.1, 0.15) is 0 Å². The first-order valence-corrected chi connectivity index (χ1v) is 6.94. The number of pyridine rings is 1. The molecule has 72 valence electrons. The molecule has 1 rings (SSSR count). The van der Waals surface area contributed by atoms with Crippen LogP contribution in [0.2, 0.25) is 10.6 Å². The Hall–Kier alpha value is -0.371. The van der Waals surface area contributed by atoms with Gasteiger partial charge in [-0.15, -0.1) is 0 Å². The molecule has 0 aromatic carbocycles. The van der Waals surface area contributed by atoms with E-state index in [2.05, 4.69) is 11.1 Å². The van der Waals surface area contributed by atoms with Crippen LogP contribution >= 0.6 is 0 Å². The van der Waals surface area contributed by atoms with E-state index in [9.17, 15) is 0 Å². The fourth-order valence-electron chi connectivity index (χ4n) is 1.07. The second-order valence-corrected chi connectivity index (χ2v) is 5.33. The average Bonchev–Trinajstić information content (AvgIpc) is 2.19. The summed E-state index contributed by atoms with van der Waals surface area (Å²) in [6.07, 6.45) is 4.12. The van der Waals surface area contributed by atoms with Crippen LogP contribution in [0.1, 0.15) is 12.1 Å². The van der Waals surface area contributed by atoms with Gasteiger partial charge >= 0.3 is 85.2 Å². The van der Waals surface area contributed by atoms with Crippen LogP contribution in [0.3, 0.4) is 0 Å². The number of rotatable bonds is 6. The molecule has 0 aliphatic carbocycles. The third kappa shape index (κ3) is 5.04. The number of aliphatic hydroxyl groups excluding tert-OH is 1. The Morgan fingerprint density at radius 2 is 2.23 bits per heavy atom. The molecule has 0 fully saturated rings. The second-order valence-electron chi connectivity index (χ2n) is 2.76. The van der Waals surface area contributed by atoms with E-state index >= 15 is 0 Å². The topological polar surface area (TPSA) is 33.1 Å². The molecule has 3 heteroatoms. The van der Waals surface area contributed by atoms with Crippen molar-refractivity contribution in [2.45, 2.75) is 23.5 Å². The van der Waals surface area contributed by atoms with Gasteiger partial charge in [-0.3, -0.25) is 0 Å². The molecule has 1 N–H and O–H groups in total. The summed E-state index contributed by atoms with van der Waals surface area (Å²) >= 11 is 0.629. The van der Waals surface area contributed by atoms with E-state index in [1.807, 2.05) is 18.3 Å². The first-order valence-electron chi connectivity index (χ1n) is 4.52. The quantitative estimate of drug-likeness (QED) is 0.608. The predicted octanol–water partition coefficient (Wildman–Crippen LogP) is 1.55. The molecule has 13 heavy (non-hydrogen) atoms. The van der Waals surface area contributed by atoms with Crippen molar-refractivity contribution in [2.24, 2.45) is 0 Å². The maximum absolute atomic E-state index is 8.59. The molecule has 2 nitrogen and oxygen atoms in total. The second kappa shape index (κ2) is 7.07. The fraction of sp³-hybridized carbons (Fsp3) is 0.500. The van der Waals surface area contributed by atoms with Crippen LogP contribution in [0.25, 0.3) is 0 Å². The molecule has 1 aromatic rings. The maximum atomic E-state index is 8.59. The summed E-state index contributed by atoms with van der Waals surface area (Å²) < 4.78 is 0. The van der Waals surface area contributed by atoms with E-state index in [-0.39, 0.29) is 0 Å². The van der Waals surface area contributed by atoms with Crippen molar-refractivity contribution in [1.29, 1.82) is 0 Å². The van der Waals surface area contributed by atoms with Gasteiger partial charge in [-0.05, 0) is 0 Å². The summed E-state index contributed by atoms with van der Waals surface area (Å²) in [6, 6.07) is 6.04. The molecule has 0 amide bonds. The molecule has 1 aromatic heterocycles. The minimum absolute atomic E-state index is 0.351. The molecule has 0 bridgehead atoms. The van der Waals surface area contributed by atoms with Crippen molar-refractivity contribution in [3.63, 3.8) is 0 Å². The summed E-state index contributed by atoms with van der Waals surface area (Å²) in [4.78, 5) is 4.25. The number of hydrogen-bond acceptors (Lipinski definition) is 2. The van der Waals surface area contributed by atoms with Gasteiger partial charge in [-0.1, -0.05) is 0 Å². The number of hydrogen-bond donors (Lipinski definition) is 1. The molecule has 0 spiro atoms. The molecule has 1 heterocycles. The SMILES string of the molecule is OCC[Se]CCCc1ccccn1. The molecule has 0 saturated carbocycles. The van der Waals surface area contributed by atoms with Crippen LogP contribution in [0.15, 0.2) is 24.4 Å². The van der Waals surface area contributed by atoms with E-state index in [0.717, 1.165) is 11.7 Å². The van der Waals surface area contributed by atoms with Crippen molar-refractivity contribution in [3.8, 4) is 0 Å². The molecule has 0 unspecified atom stereocenters. The molecule has 0 radical (unpaired) electrons. The van der Waals surface area contributed by atoms with E-state index in [0.29, 0.717) is 21.6 Å². The summed E-state index contributed by atoms with van der Waals surface area (Å²) in [6.45, 7) is 0.351. The summed E-state index contributed by atoms with van der Waals surface area (Å²) in [7, 11) is 0. The average molecular weight is 244 g/mol. The van der Waals surface area contributed by atoms with Crippen molar-refractivity contribution in [2.75, 3.05) is 6.61 Å². The Kier molecular flexibility index (Phi) is 5.83. The molecular weight excluding hydrogens is 229 g/mol. The normalized spacial score (nSPS) is 10.2. The van der Waals surface area contributed by atoms with E-state index in [1.165, 1.54) is 17.4 Å². The van der Waals surface area contributed by atoms with Crippen molar-refractivity contribution >= 4 is 15.0 Å². The monoisotopic (exact) mass is 245 g/mol. The third-order valence-electron chi connectivity index (χ3n) is 1.68. The molecule has 0 aliphatic rings. The van der Waals surface area contributed by atoms with Gasteiger partial charge in [0.05, 0.1) is 0 Å². The zero-order chi connectivity index (χ0) is 9.36. The Morgan fingerprint density at radius 1 is 1.31 bits per heavy atom. The van der Waals surface area contributed by atoms with Crippen molar-refractivity contribution in [3.05, 3.63) is 30.1 Å². The van der Waals surface area contributed by atoms with Crippen LogP contribution in [0, 0.1) is 0 Å². The summed E-state index contributed by atoms with van der Waals surface area (Å²) in [5, 5.41) is 10.8. The molecule has 0 aliphatic heterocycles. The molecule has 0 atom stereocenters. The first-order chi connectivity index (χ1) is 6.43. The Balaban J connectivity index is 2.07. The van der Waals surface area contributed by atoms with Crippen LogP contribution < -0.4 is 0 Å². The minimum atomic E-state index is 0.351. The van der Waals surface area contributed by atoms with E-state index < -0.39 is 0 Å². The van der Waals surface area contributed by atoms with Gasteiger partial charge in [-0.2, -0.15) is 0 Å². The van der Waals surface area contributed by atoms with E-state index in [4.69, 9.17) is 5.11 Å². The third-order valence-corrected chi connectivity index (χ3v) is 3.88.